The molecule has 3 rings (SSSR count). The lowest BCUT2D eigenvalue weighted by molar-refractivity contribution is 0.763. The molecule has 143 valence electrons. The molecule has 1 unspecified atom stereocenters. The molecule has 0 bridgehead atoms. The van der Waals surface area contributed by atoms with Gasteiger partial charge in [-0.25, -0.2) is 0 Å². The number of fused-ring (bicyclic) bond motifs is 1. The molecule has 27 heavy (non-hydrogen) atoms. The van der Waals surface area contributed by atoms with Crippen molar-refractivity contribution in [2.75, 3.05) is 0 Å². The van der Waals surface area contributed by atoms with E-state index in [1.807, 2.05) is 0 Å². The maximum atomic E-state index is 2.45. The average Bonchev–Trinajstić information content (AvgIpc) is 2.99. The summed E-state index contributed by atoms with van der Waals surface area (Å²) in [4.78, 5) is 0. The van der Waals surface area contributed by atoms with Crippen LogP contribution in [0.3, 0.4) is 0 Å². The van der Waals surface area contributed by atoms with Crippen LogP contribution in [0.25, 0.3) is 6.08 Å². The summed E-state index contributed by atoms with van der Waals surface area (Å²) in [6.07, 6.45) is 6.47. The molecule has 0 N–H and O–H groups in total. The molecule has 2 aromatic carbocycles. The molecule has 0 nitrogen and oxygen atoms in total. The minimum atomic E-state index is -0.722. The van der Waals surface area contributed by atoms with E-state index in [4.69, 9.17) is 0 Å². The fourth-order valence-corrected chi connectivity index (χ4v) is 8.97. The molecule has 0 spiro atoms. The van der Waals surface area contributed by atoms with Crippen LogP contribution < -0.4 is 5.19 Å². The van der Waals surface area contributed by atoms with Crippen LogP contribution in [-0.2, 0) is 0 Å². The van der Waals surface area contributed by atoms with Gasteiger partial charge >= 0.3 is 0 Å². The second-order valence-electron chi connectivity index (χ2n) is 8.43. The van der Waals surface area contributed by atoms with Crippen LogP contribution in [0.4, 0.5) is 0 Å². The number of unbranched alkanes of at least 4 members (excludes halogenated alkanes) is 2. The number of rotatable bonds is 6. The van der Waals surface area contributed by atoms with E-state index in [-0.39, 0.29) is 0 Å². The van der Waals surface area contributed by atoms with Gasteiger partial charge in [0.15, 0.2) is 0 Å². The van der Waals surface area contributed by atoms with Crippen LogP contribution in [0.2, 0.25) is 6.04 Å². The van der Waals surface area contributed by atoms with Crippen molar-refractivity contribution < 1.29 is 0 Å². The van der Waals surface area contributed by atoms with Crippen LogP contribution in [0, 0.1) is 34.6 Å². The smallest absolute Gasteiger partial charge is 0.0678 e. The molecule has 1 heteroatoms. The highest BCUT2D eigenvalue weighted by atomic mass is 28.3. The first-order valence-corrected chi connectivity index (χ1v) is 12.4. The van der Waals surface area contributed by atoms with Crippen LogP contribution in [-0.4, -0.2) is 8.80 Å². The van der Waals surface area contributed by atoms with Crippen molar-refractivity contribution in [3.63, 3.8) is 0 Å². The predicted molar refractivity (Wildman–Crippen MR) is 123 cm³/mol. The van der Waals surface area contributed by atoms with E-state index >= 15 is 0 Å². The molecule has 1 aliphatic rings. The molecule has 0 heterocycles. The molecular weight excluding hydrogens is 340 g/mol. The Balaban J connectivity index is 2.16. The Morgan fingerprint density at radius 3 is 2.00 bits per heavy atom. The molecule has 2 aromatic rings. The third kappa shape index (κ3) is 3.59. The lowest BCUT2D eigenvalue weighted by atomic mass is 9.95. The largest absolute Gasteiger partial charge is 0.0987 e. The van der Waals surface area contributed by atoms with Crippen molar-refractivity contribution in [2.45, 2.75) is 79.3 Å². The predicted octanol–water partition coefficient (Wildman–Crippen LogP) is 6.86. The van der Waals surface area contributed by atoms with Gasteiger partial charge < -0.3 is 0 Å². The van der Waals surface area contributed by atoms with Crippen molar-refractivity contribution in [1.29, 1.82) is 0 Å². The maximum absolute atomic E-state index is 2.45. The van der Waals surface area contributed by atoms with Crippen molar-refractivity contribution in [3.8, 4) is 0 Å². The Kier molecular flexibility index (Phi) is 6.10. The van der Waals surface area contributed by atoms with Crippen molar-refractivity contribution in [3.05, 3.63) is 68.8 Å². The van der Waals surface area contributed by atoms with Gasteiger partial charge in [-0.1, -0.05) is 73.3 Å². The summed E-state index contributed by atoms with van der Waals surface area (Å²) in [5, 5.41) is 1.73. The summed E-state index contributed by atoms with van der Waals surface area (Å²) in [7, 11) is -0.722. The van der Waals surface area contributed by atoms with Crippen LogP contribution in [0.1, 0.15) is 77.6 Å². The topological polar surface area (TPSA) is 0 Å². The Morgan fingerprint density at radius 1 is 0.778 bits per heavy atom. The fraction of sp³-hybridized carbons (Fsp3) is 0.462. The van der Waals surface area contributed by atoms with Gasteiger partial charge in [0.1, 0.15) is 0 Å². The van der Waals surface area contributed by atoms with E-state index in [0.717, 1.165) is 0 Å². The first-order chi connectivity index (χ1) is 12.9. The van der Waals surface area contributed by atoms with E-state index < -0.39 is 8.80 Å². The van der Waals surface area contributed by atoms with E-state index in [2.05, 4.69) is 78.8 Å². The summed E-state index contributed by atoms with van der Waals surface area (Å²) in [5.41, 5.74) is 12.9. The zero-order valence-corrected chi connectivity index (χ0v) is 19.3. The van der Waals surface area contributed by atoms with Crippen molar-refractivity contribution >= 4 is 20.1 Å². The van der Waals surface area contributed by atoms with Crippen LogP contribution in [0.5, 0.6) is 0 Å². The van der Waals surface area contributed by atoms with Gasteiger partial charge in [-0.2, -0.15) is 0 Å². The molecule has 1 aliphatic carbocycles. The monoisotopic (exact) mass is 375 g/mol. The molecule has 0 saturated heterocycles. The quantitative estimate of drug-likeness (QED) is 0.382. The molecule has 0 aromatic heterocycles. The SMILES string of the molecule is CCCCC[Si](c1c(C)c(C)c(C)c(C)c1C)C1C(C)=Cc2ccccc21. The normalized spacial score (nSPS) is 16.0. The highest BCUT2D eigenvalue weighted by Crippen LogP contribution is 2.40. The molecule has 1 atom stereocenters. The number of allylic oxidation sites excluding steroid dienone is 1. The van der Waals surface area contributed by atoms with Gasteiger partial charge in [0.25, 0.3) is 0 Å². The van der Waals surface area contributed by atoms with E-state index in [0.29, 0.717) is 5.54 Å². The minimum Gasteiger partial charge on any atom is -0.0678 e. The zero-order valence-electron chi connectivity index (χ0n) is 18.3. The second-order valence-corrected chi connectivity index (χ2v) is 11.1. The van der Waals surface area contributed by atoms with Crippen LogP contribution in [0.15, 0.2) is 29.8 Å². The highest BCUT2D eigenvalue weighted by molar-refractivity contribution is 6.76. The lowest BCUT2D eigenvalue weighted by Crippen LogP contribution is -2.41. The van der Waals surface area contributed by atoms with Gasteiger partial charge in [-0.15, -0.1) is 0 Å². The molecule has 1 radical (unpaired) electrons. The molecule has 0 fully saturated rings. The summed E-state index contributed by atoms with van der Waals surface area (Å²) in [6.45, 7) is 16.4. The van der Waals surface area contributed by atoms with Crippen LogP contribution >= 0.6 is 0 Å². The van der Waals surface area contributed by atoms with Crippen molar-refractivity contribution in [2.24, 2.45) is 0 Å². The highest BCUT2D eigenvalue weighted by Gasteiger charge is 2.34. The van der Waals surface area contributed by atoms with E-state index in [9.17, 15) is 0 Å². The van der Waals surface area contributed by atoms with E-state index in [1.54, 1.807) is 27.5 Å². The van der Waals surface area contributed by atoms with E-state index in [1.165, 1.54) is 47.6 Å². The Labute approximate surface area is 168 Å². The maximum Gasteiger partial charge on any atom is 0.0987 e. The average molecular weight is 376 g/mol. The number of benzene rings is 2. The van der Waals surface area contributed by atoms with Gasteiger partial charge in [0, 0.05) is 5.54 Å². The Morgan fingerprint density at radius 2 is 1.37 bits per heavy atom. The molecule has 0 aliphatic heterocycles. The van der Waals surface area contributed by atoms with Gasteiger partial charge in [0.2, 0.25) is 0 Å². The number of hydrogen-bond donors (Lipinski definition) is 0. The summed E-state index contributed by atoms with van der Waals surface area (Å²) in [5.74, 6) is 0. The number of hydrogen-bond acceptors (Lipinski definition) is 0. The zero-order chi connectivity index (χ0) is 19.7. The third-order valence-corrected chi connectivity index (χ3v) is 10.6. The molecular formula is C26H35Si. The first kappa shape index (κ1) is 20.1. The Hall–Kier alpha value is -1.60. The first-order valence-electron chi connectivity index (χ1n) is 10.6. The standard InChI is InChI=1S/C26H35Si/c1-8-9-12-15-27(25-17(2)16-23-13-10-11-14-24(23)25)26-21(6)19(4)18(3)20(5)22(26)7/h10-11,13-14,16,25H,8-9,12,15H2,1-7H3. The molecule has 0 saturated carbocycles. The second kappa shape index (κ2) is 8.18. The Bertz CT molecular complexity index is 843. The third-order valence-electron chi connectivity index (χ3n) is 6.86. The van der Waals surface area contributed by atoms with Gasteiger partial charge in [-0.3, -0.25) is 0 Å². The summed E-state index contributed by atoms with van der Waals surface area (Å²) >= 11 is 0. The lowest BCUT2D eigenvalue weighted by Gasteiger charge is -2.30. The van der Waals surface area contributed by atoms with Crippen molar-refractivity contribution in [1.82, 2.24) is 0 Å². The summed E-state index contributed by atoms with van der Waals surface area (Å²) < 4.78 is 0. The fourth-order valence-electron chi connectivity index (χ4n) is 4.90. The molecule has 0 amide bonds. The summed E-state index contributed by atoms with van der Waals surface area (Å²) in [6, 6.07) is 10.5. The minimum absolute atomic E-state index is 0.627. The van der Waals surface area contributed by atoms with Gasteiger partial charge in [-0.05, 0) is 80.5 Å². The van der Waals surface area contributed by atoms with Gasteiger partial charge in [0.05, 0.1) is 8.80 Å².